The van der Waals surface area contributed by atoms with Crippen molar-refractivity contribution in [2.75, 3.05) is 33.3 Å². The first-order valence-corrected chi connectivity index (χ1v) is 12.5. The molecule has 1 aromatic heterocycles. The van der Waals surface area contributed by atoms with E-state index in [-0.39, 0.29) is 17.9 Å². The Morgan fingerprint density at radius 2 is 2.12 bits per heavy atom. The van der Waals surface area contributed by atoms with E-state index in [2.05, 4.69) is 41.6 Å². The predicted octanol–water partition coefficient (Wildman–Crippen LogP) is 2.96. The Kier molecular flexibility index (Phi) is 9.29. The summed E-state index contributed by atoms with van der Waals surface area (Å²) in [6.45, 7) is 7.53. The zero-order valence-electron chi connectivity index (χ0n) is 19.8. The molecule has 1 saturated heterocycles. The van der Waals surface area contributed by atoms with Crippen molar-refractivity contribution in [1.29, 1.82) is 0 Å². The van der Waals surface area contributed by atoms with Crippen LogP contribution in [0, 0.1) is 5.92 Å². The van der Waals surface area contributed by atoms with Crippen LogP contribution in [0.4, 0.5) is 0 Å². The fraction of sp³-hybridized carbons (Fsp3) is 0.520. The number of nitrogens with one attached hydrogen (secondary N) is 1. The van der Waals surface area contributed by atoms with Crippen LogP contribution in [-0.4, -0.2) is 67.0 Å². The Morgan fingerprint density at radius 3 is 2.79 bits per heavy atom. The molecule has 0 spiro atoms. The summed E-state index contributed by atoms with van der Waals surface area (Å²) in [5.41, 5.74) is 6.14. The zero-order chi connectivity index (χ0) is 23.8. The molecule has 1 aliphatic heterocycles. The molecular formula is C25H36N4O3S. The maximum atomic E-state index is 13.4. The Bertz CT molecular complexity index is 903. The molecule has 33 heavy (non-hydrogen) atoms. The predicted molar refractivity (Wildman–Crippen MR) is 132 cm³/mol. The van der Waals surface area contributed by atoms with Crippen molar-refractivity contribution < 1.29 is 14.3 Å². The average Bonchev–Trinajstić information content (AvgIpc) is 3.34. The number of methoxy groups -OCH3 is 1. The highest BCUT2D eigenvalue weighted by molar-refractivity contribution is 7.09. The quantitative estimate of drug-likeness (QED) is 0.555. The van der Waals surface area contributed by atoms with Crippen molar-refractivity contribution >= 4 is 23.2 Å². The van der Waals surface area contributed by atoms with Crippen LogP contribution in [0.1, 0.15) is 41.9 Å². The molecule has 0 aliphatic carbocycles. The maximum Gasteiger partial charge on any atom is 0.254 e. The second-order valence-electron chi connectivity index (χ2n) is 8.91. The third-order valence-corrected chi connectivity index (χ3v) is 6.81. The van der Waals surface area contributed by atoms with E-state index >= 15 is 0 Å². The van der Waals surface area contributed by atoms with Gasteiger partial charge in [-0.3, -0.25) is 14.5 Å². The van der Waals surface area contributed by atoms with Crippen LogP contribution in [0.5, 0.6) is 5.75 Å². The maximum absolute atomic E-state index is 13.4. The fourth-order valence-electron chi connectivity index (χ4n) is 4.42. The normalized spacial score (nSPS) is 18.5. The van der Waals surface area contributed by atoms with Crippen molar-refractivity contribution in [3.05, 3.63) is 52.2 Å². The number of ether oxygens (including phenoxy) is 1. The Labute approximate surface area is 200 Å². The van der Waals surface area contributed by atoms with Gasteiger partial charge in [0.2, 0.25) is 5.91 Å². The molecular weight excluding hydrogens is 436 g/mol. The second-order valence-corrected chi connectivity index (χ2v) is 9.94. The van der Waals surface area contributed by atoms with Gasteiger partial charge < -0.3 is 20.7 Å². The monoisotopic (exact) mass is 472 g/mol. The molecule has 0 saturated carbocycles. The molecule has 1 fully saturated rings. The van der Waals surface area contributed by atoms with Crippen LogP contribution < -0.4 is 15.8 Å². The van der Waals surface area contributed by atoms with E-state index in [1.165, 1.54) is 4.88 Å². The van der Waals surface area contributed by atoms with E-state index in [1.54, 1.807) is 41.5 Å². The minimum Gasteiger partial charge on any atom is -0.497 e. The summed E-state index contributed by atoms with van der Waals surface area (Å²) in [5, 5.41) is 5.01. The van der Waals surface area contributed by atoms with Crippen LogP contribution in [-0.2, 0) is 11.3 Å². The summed E-state index contributed by atoms with van der Waals surface area (Å²) >= 11 is 1.76. The number of piperidine rings is 1. The number of benzene rings is 1. The van der Waals surface area contributed by atoms with Gasteiger partial charge in [0.05, 0.1) is 7.11 Å². The topological polar surface area (TPSA) is 87.9 Å². The minimum absolute atomic E-state index is 0.137. The SMILES string of the molecule is COc1cccc(C(=O)N2CCC(N(Cc3cccs3)CC(C)C)C[C@@H]2C(=O)NCCN)c1. The summed E-state index contributed by atoms with van der Waals surface area (Å²) in [5.74, 6) is 0.848. The number of hydrogen-bond donors (Lipinski definition) is 2. The van der Waals surface area contributed by atoms with Gasteiger partial charge in [-0.05, 0) is 48.4 Å². The third kappa shape index (κ3) is 6.79. The number of rotatable bonds is 10. The summed E-state index contributed by atoms with van der Waals surface area (Å²) in [4.78, 5) is 32.1. The molecule has 180 valence electrons. The molecule has 2 amide bonds. The van der Waals surface area contributed by atoms with Crippen molar-refractivity contribution in [3.63, 3.8) is 0 Å². The van der Waals surface area contributed by atoms with Crippen LogP contribution in [0.2, 0.25) is 0 Å². The molecule has 3 N–H and O–H groups in total. The largest absolute Gasteiger partial charge is 0.497 e. The first kappa shape index (κ1) is 25.2. The number of thiophene rings is 1. The van der Waals surface area contributed by atoms with Gasteiger partial charge in [-0.2, -0.15) is 0 Å². The Hall–Kier alpha value is -2.42. The highest BCUT2D eigenvalue weighted by Crippen LogP contribution is 2.27. The van der Waals surface area contributed by atoms with Gasteiger partial charge in [0.15, 0.2) is 0 Å². The van der Waals surface area contributed by atoms with E-state index in [9.17, 15) is 9.59 Å². The molecule has 7 nitrogen and oxygen atoms in total. The number of carbonyl (C=O) groups is 2. The number of amides is 2. The average molecular weight is 473 g/mol. The third-order valence-electron chi connectivity index (χ3n) is 5.95. The second kappa shape index (κ2) is 12.2. The number of hydrogen-bond acceptors (Lipinski definition) is 6. The van der Waals surface area contributed by atoms with Gasteiger partial charge >= 0.3 is 0 Å². The molecule has 2 aromatic rings. The molecule has 1 unspecified atom stereocenters. The summed E-state index contributed by atoms with van der Waals surface area (Å²) in [6, 6.07) is 11.0. The van der Waals surface area contributed by atoms with Crippen LogP contribution >= 0.6 is 11.3 Å². The van der Waals surface area contributed by atoms with Gasteiger partial charge in [-0.25, -0.2) is 0 Å². The van der Waals surface area contributed by atoms with Crippen molar-refractivity contribution in [2.45, 2.75) is 45.3 Å². The summed E-state index contributed by atoms with van der Waals surface area (Å²) < 4.78 is 5.29. The number of nitrogens with two attached hydrogens (primary N) is 1. The molecule has 1 aromatic carbocycles. The van der Waals surface area contributed by atoms with Crippen LogP contribution in [0.3, 0.4) is 0 Å². The van der Waals surface area contributed by atoms with Gasteiger partial charge in [-0.1, -0.05) is 26.0 Å². The number of likely N-dealkylation sites (tertiary alicyclic amines) is 1. The van der Waals surface area contributed by atoms with Gasteiger partial charge in [-0.15, -0.1) is 11.3 Å². The standard InChI is InChI=1S/C25H36N4O3S/c1-18(2)16-28(17-22-8-5-13-33-22)20-9-12-29(23(15-20)24(30)27-11-10-26)25(31)19-6-4-7-21(14-19)32-3/h4-8,13-14,18,20,23H,9-12,15-17,26H2,1-3H3,(H,27,30)/t20?,23-/m1/s1. The Morgan fingerprint density at radius 1 is 1.30 bits per heavy atom. The van der Waals surface area contributed by atoms with Gasteiger partial charge in [0.25, 0.3) is 5.91 Å². The highest BCUT2D eigenvalue weighted by atomic mass is 32.1. The summed E-state index contributed by atoms with van der Waals surface area (Å²) in [6.07, 6.45) is 1.43. The minimum atomic E-state index is -0.535. The molecule has 2 atom stereocenters. The molecule has 1 aliphatic rings. The van der Waals surface area contributed by atoms with E-state index in [1.807, 2.05) is 6.07 Å². The van der Waals surface area contributed by atoms with Gasteiger partial charge in [0, 0.05) is 49.2 Å². The smallest absolute Gasteiger partial charge is 0.254 e. The number of carbonyl (C=O) groups excluding carboxylic acids is 2. The molecule has 2 heterocycles. The van der Waals surface area contributed by atoms with Crippen LogP contribution in [0.25, 0.3) is 0 Å². The van der Waals surface area contributed by atoms with Crippen molar-refractivity contribution in [3.8, 4) is 5.75 Å². The molecule has 0 bridgehead atoms. The lowest BCUT2D eigenvalue weighted by Gasteiger charge is -2.43. The zero-order valence-corrected chi connectivity index (χ0v) is 20.6. The van der Waals surface area contributed by atoms with E-state index in [0.717, 1.165) is 19.5 Å². The lowest BCUT2D eigenvalue weighted by atomic mass is 9.93. The first-order chi connectivity index (χ1) is 15.9. The van der Waals surface area contributed by atoms with E-state index in [4.69, 9.17) is 10.5 Å². The molecule has 0 radical (unpaired) electrons. The van der Waals surface area contributed by atoms with Crippen molar-refractivity contribution in [2.24, 2.45) is 11.7 Å². The van der Waals surface area contributed by atoms with E-state index < -0.39 is 6.04 Å². The lowest BCUT2D eigenvalue weighted by Crippen LogP contribution is -2.57. The molecule has 8 heteroatoms. The van der Waals surface area contributed by atoms with E-state index in [0.29, 0.717) is 43.3 Å². The highest BCUT2D eigenvalue weighted by Gasteiger charge is 2.38. The fourth-order valence-corrected chi connectivity index (χ4v) is 5.15. The van der Waals surface area contributed by atoms with Gasteiger partial charge in [0.1, 0.15) is 11.8 Å². The van der Waals surface area contributed by atoms with Crippen LogP contribution in [0.15, 0.2) is 41.8 Å². The first-order valence-electron chi connectivity index (χ1n) is 11.6. The lowest BCUT2D eigenvalue weighted by molar-refractivity contribution is -0.127. The Balaban J connectivity index is 1.82. The van der Waals surface area contributed by atoms with Crippen molar-refractivity contribution in [1.82, 2.24) is 15.1 Å². The number of nitrogens with zero attached hydrogens (tertiary/aromatic N) is 2. The summed E-state index contributed by atoms with van der Waals surface area (Å²) in [7, 11) is 1.58. The molecule has 3 rings (SSSR count).